The molecule has 0 unspecified atom stereocenters. The third kappa shape index (κ3) is 3.39. The monoisotopic (exact) mass is 351 g/mol. The van der Waals surface area contributed by atoms with Crippen molar-refractivity contribution in [2.75, 3.05) is 21.3 Å². The van der Waals surface area contributed by atoms with Crippen LogP contribution in [0.5, 0.6) is 11.5 Å². The molecule has 6 nitrogen and oxygen atoms in total. The summed E-state index contributed by atoms with van der Waals surface area (Å²) < 4.78 is 12.6. The molecule has 2 aromatic carbocycles. The van der Waals surface area contributed by atoms with Crippen LogP contribution in [-0.2, 0) is 6.54 Å². The molecule has 0 saturated heterocycles. The van der Waals surface area contributed by atoms with Gasteiger partial charge in [-0.25, -0.2) is 4.98 Å². The molecule has 3 rings (SSSR count). The Bertz CT molecular complexity index is 890. The number of ether oxygens (including phenoxy) is 2. The van der Waals surface area contributed by atoms with Crippen LogP contribution in [0.25, 0.3) is 5.69 Å². The van der Waals surface area contributed by atoms with E-state index in [0.717, 1.165) is 11.3 Å². The molecule has 0 N–H and O–H groups in total. The number of benzene rings is 2. The van der Waals surface area contributed by atoms with E-state index in [1.165, 1.54) is 0 Å². The van der Waals surface area contributed by atoms with Crippen LogP contribution < -0.4 is 9.47 Å². The highest BCUT2D eigenvalue weighted by Crippen LogP contribution is 2.31. The maximum absolute atomic E-state index is 13.0. The van der Waals surface area contributed by atoms with Crippen LogP contribution in [0.4, 0.5) is 0 Å². The van der Waals surface area contributed by atoms with Gasteiger partial charge in [0, 0.05) is 24.8 Å². The normalized spacial score (nSPS) is 10.4. The molecule has 1 aromatic heterocycles. The van der Waals surface area contributed by atoms with Crippen molar-refractivity contribution in [3.8, 4) is 17.2 Å². The van der Waals surface area contributed by atoms with Gasteiger partial charge in [0.05, 0.1) is 26.7 Å². The van der Waals surface area contributed by atoms with Gasteiger partial charge in [-0.3, -0.25) is 9.36 Å². The van der Waals surface area contributed by atoms with Crippen LogP contribution in [0.15, 0.2) is 61.1 Å². The molecule has 0 fully saturated rings. The number of carbonyl (C=O) groups is 1. The number of aromatic nitrogens is 2. The lowest BCUT2D eigenvalue weighted by molar-refractivity contribution is 0.0776. The van der Waals surface area contributed by atoms with Gasteiger partial charge < -0.3 is 14.4 Å². The average molecular weight is 351 g/mol. The summed E-state index contributed by atoms with van der Waals surface area (Å²) in [7, 11) is 4.94. The fourth-order valence-corrected chi connectivity index (χ4v) is 2.85. The summed E-state index contributed by atoms with van der Waals surface area (Å²) in [5.74, 6) is 1.14. The van der Waals surface area contributed by atoms with Gasteiger partial charge in [-0.1, -0.05) is 30.3 Å². The van der Waals surface area contributed by atoms with E-state index in [9.17, 15) is 4.79 Å². The molecular weight excluding hydrogens is 330 g/mol. The third-order valence-electron chi connectivity index (χ3n) is 4.13. The van der Waals surface area contributed by atoms with Gasteiger partial charge in [0.2, 0.25) is 0 Å². The van der Waals surface area contributed by atoms with Gasteiger partial charge >= 0.3 is 0 Å². The highest BCUT2D eigenvalue weighted by Gasteiger charge is 2.19. The Kier molecular flexibility index (Phi) is 5.22. The molecule has 3 aromatic rings. The van der Waals surface area contributed by atoms with Crippen molar-refractivity contribution in [3.63, 3.8) is 0 Å². The number of hydrogen-bond acceptors (Lipinski definition) is 4. The van der Waals surface area contributed by atoms with Gasteiger partial charge in [-0.2, -0.15) is 0 Å². The van der Waals surface area contributed by atoms with Crippen molar-refractivity contribution >= 4 is 5.91 Å². The molecule has 0 aliphatic heterocycles. The minimum atomic E-state index is -0.128. The summed E-state index contributed by atoms with van der Waals surface area (Å²) >= 11 is 0. The lowest BCUT2D eigenvalue weighted by atomic mass is 10.1. The number of carbonyl (C=O) groups excluding carboxylic acids is 1. The number of nitrogens with zero attached hydrogens (tertiary/aromatic N) is 3. The molecule has 1 heterocycles. The Morgan fingerprint density at radius 2 is 1.85 bits per heavy atom. The maximum Gasteiger partial charge on any atom is 0.272 e. The first-order valence-electron chi connectivity index (χ1n) is 8.18. The summed E-state index contributed by atoms with van der Waals surface area (Å²) in [5, 5.41) is 0. The number of para-hydroxylation sites is 2. The topological polar surface area (TPSA) is 56.6 Å². The van der Waals surface area contributed by atoms with E-state index in [1.807, 2.05) is 48.5 Å². The van der Waals surface area contributed by atoms with Crippen LogP contribution in [-0.4, -0.2) is 41.6 Å². The lowest BCUT2D eigenvalue weighted by Gasteiger charge is -2.20. The van der Waals surface area contributed by atoms with Gasteiger partial charge in [0.1, 0.15) is 5.69 Å². The van der Waals surface area contributed by atoms with Crippen LogP contribution in [0.2, 0.25) is 0 Å². The molecule has 0 aliphatic rings. The molecular formula is C20H21N3O3. The zero-order chi connectivity index (χ0) is 18.5. The summed E-state index contributed by atoms with van der Waals surface area (Å²) in [6.45, 7) is 0.388. The first-order valence-corrected chi connectivity index (χ1v) is 8.18. The molecule has 0 radical (unpaired) electrons. The first-order chi connectivity index (χ1) is 12.7. The second-order valence-electron chi connectivity index (χ2n) is 5.80. The zero-order valence-electron chi connectivity index (χ0n) is 15.0. The average Bonchev–Trinajstić information content (AvgIpc) is 3.17. The number of rotatable bonds is 6. The second-order valence-corrected chi connectivity index (χ2v) is 5.80. The molecule has 6 heteroatoms. The van der Waals surface area contributed by atoms with Crippen molar-refractivity contribution in [2.45, 2.75) is 6.54 Å². The number of amides is 1. The van der Waals surface area contributed by atoms with Crippen LogP contribution in [0, 0.1) is 0 Å². The Balaban J connectivity index is 1.85. The standard InChI is InChI=1S/C20H21N3O3/c1-22(13-15-8-7-11-18(25-2)19(15)26-3)20(24)17-12-21-14-23(17)16-9-5-4-6-10-16/h4-12,14H,13H2,1-3H3. The SMILES string of the molecule is COc1cccc(CN(C)C(=O)c2cncn2-c2ccccc2)c1OC. The quantitative estimate of drug-likeness (QED) is 0.684. The number of imidazole rings is 1. The lowest BCUT2D eigenvalue weighted by Crippen LogP contribution is -2.28. The number of hydrogen-bond donors (Lipinski definition) is 0. The molecule has 0 saturated carbocycles. The summed E-state index contributed by atoms with van der Waals surface area (Å²) in [6.07, 6.45) is 3.22. The minimum absolute atomic E-state index is 0.128. The van der Waals surface area contributed by atoms with E-state index in [0.29, 0.717) is 23.7 Å². The minimum Gasteiger partial charge on any atom is -0.493 e. The highest BCUT2D eigenvalue weighted by molar-refractivity contribution is 5.92. The van der Waals surface area contributed by atoms with Crippen molar-refractivity contribution in [1.29, 1.82) is 0 Å². The van der Waals surface area contributed by atoms with Crippen molar-refractivity contribution < 1.29 is 14.3 Å². The molecule has 26 heavy (non-hydrogen) atoms. The van der Waals surface area contributed by atoms with Crippen molar-refractivity contribution in [2.24, 2.45) is 0 Å². The third-order valence-corrected chi connectivity index (χ3v) is 4.13. The van der Waals surface area contributed by atoms with E-state index in [-0.39, 0.29) is 5.91 Å². The van der Waals surface area contributed by atoms with Gasteiger partial charge in [0.15, 0.2) is 11.5 Å². The van der Waals surface area contributed by atoms with Crippen molar-refractivity contribution in [1.82, 2.24) is 14.5 Å². The predicted octanol–water partition coefficient (Wildman–Crippen LogP) is 3.16. The molecule has 1 amide bonds. The summed E-state index contributed by atoms with van der Waals surface area (Å²) in [6, 6.07) is 15.3. The van der Waals surface area contributed by atoms with Gasteiger partial charge in [-0.05, 0) is 18.2 Å². The zero-order valence-corrected chi connectivity index (χ0v) is 15.0. The highest BCUT2D eigenvalue weighted by atomic mass is 16.5. The molecule has 0 spiro atoms. The van der Waals surface area contributed by atoms with Gasteiger partial charge in [0.25, 0.3) is 5.91 Å². The fraction of sp³-hybridized carbons (Fsp3) is 0.200. The van der Waals surface area contributed by atoms with Crippen LogP contribution in [0.1, 0.15) is 16.1 Å². The van der Waals surface area contributed by atoms with E-state index >= 15 is 0 Å². The Morgan fingerprint density at radius 1 is 1.08 bits per heavy atom. The van der Waals surface area contributed by atoms with E-state index in [2.05, 4.69) is 4.98 Å². The first kappa shape index (κ1) is 17.5. The smallest absolute Gasteiger partial charge is 0.272 e. The molecule has 0 atom stereocenters. The molecule has 134 valence electrons. The number of methoxy groups -OCH3 is 2. The van der Waals surface area contributed by atoms with E-state index in [1.54, 1.807) is 43.3 Å². The Hall–Kier alpha value is -3.28. The fourth-order valence-electron chi connectivity index (χ4n) is 2.85. The Morgan fingerprint density at radius 3 is 2.54 bits per heavy atom. The van der Waals surface area contributed by atoms with E-state index < -0.39 is 0 Å². The van der Waals surface area contributed by atoms with E-state index in [4.69, 9.17) is 9.47 Å². The maximum atomic E-state index is 13.0. The molecule has 0 aliphatic carbocycles. The second kappa shape index (κ2) is 7.74. The summed E-state index contributed by atoms with van der Waals surface area (Å²) in [5.41, 5.74) is 2.26. The predicted molar refractivity (Wildman–Crippen MR) is 98.9 cm³/mol. The van der Waals surface area contributed by atoms with Crippen molar-refractivity contribution in [3.05, 3.63) is 72.3 Å². The van der Waals surface area contributed by atoms with Crippen LogP contribution >= 0.6 is 0 Å². The van der Waals surface area contributed by atoms with Gasteiger partial charge in [-0.15, -0.1) is 0 Å². The Labute approximate surface area is 152 Å². The summed E-state index contributed by atoms with van der Waals surface area (Å²) in [4.78, 5) is 18.7. The van der Waals surface area contributed by atoms with Crippen LogP contribution in [0.3, 0.4) is 0 Å². The molecule has 0 bridgehead atoms. The largest absolute Gasteiger partial charge is 0.493 e.